The number of halogens is 1. The van der Waals surface area contributed by atoms with Crippen LogP contribution in [0.5, 0.6) is 5.75 Å². The van der Waals surface area contributed by atoms with Gasteiger partial charge in [0.15, 0.2) is 0 Å². The highest BCUT2D eigenvalue weighted by molar-refractivity contribution is 6.30. The molecule has 2 aromatic carbocycles. The lowest BCUT2D eigenvalue weighted by Crippen LogP contribution is -2.27. The molecule has 1 N–H and O–H groups in total. The van der Waals surface area contributed by atoms with Gasteiger partial charge >= 0.3 is 0 Å². The molecule has 0 spiro atoms. The lowest BCUT2D eigenvalue weighted by Gasteiger charge is -2.17. The summed E-state index contributed by atoms with van der Waals surface area (Å²) in [6.45, 7) is 8.62. The Kier molecular flexibility index (Phi) is 6.89. The van der Waals surface area contributed by atoms with Gasteiger partial charge in [-0.15, -0.1) is 0 Å². The highest BCUT2D eigenvalue weighted by atomic mass is 35.5. The topological polar surface area (TPSA) is 38.3 Å². The van der Waals surface area contributed by atoms with E-state index in [0.717, 1.165) is 11.3 Å². The number of amides is 1. The van der Waals surface area contributed by atoms with E-state index in [9.17, 15) is 4.79 Å². The lowest BCUT2D eigenvalue weighted by atomic mass is 10.00. The third kappa shape index (κ3) is 5.79. The van der Waals surface area contributed by atoms with Crippen molar-refractivity contribution >= 4 is 17.5 Å². The predicted octanol–water partition coefficient (Wildman–Crippen LogP) is 5.30. The van der Waals surface area contributed by atoms with Crippen LogP contribution in [0.25, 0.3) is 0 Å². The third-order valence-corrected chi connectivity index (χ3v) is 4.46. The number of hydrogen-bond donors (Lipinski definition) is 1. The summed E-state index contributed by atoms with van der Waals surface area (Å²) in [5, 5.41) is 3.77. The van der Waals surface area contributed by atoms with Crippen molar-refractivity contribution in [3.05, 3.63) is 63.7 Å². The summed E-state index contributed by atoms with van der Waals surface area (Å²) in [4.78, 5) is 12.2. The zero-order chi connectivity index (χ0) is 18.4. The maximum absolute atomic E-state index is 12.2. The van der Waals surface area contributed by atoms with Crippen LogP contribution in [-0.2, 0) is 4.79 Å². The Labute approximate surface area is 155 Å². The quantitative estimate of drug-likeness (QED) is 0.681. The number of aryl methyl sites for hydroxylation is 3. The van der Waals surface area contributed by atoms with Crippen LogP contribution >= 0.6 is 11.6 Å². The van der Waals surface area contributed by atoms with Gasteiger partial charge in [0.25, 0.3) is 0 Å². The van der Waals surface area contributed by atoms with E-state index in [4.69, 9.17) is 16.3 Å². The standard InChI is InChI=1S/C21H26ClNO2/c1-14-7-8-15(2)19(12-14)17(4)23-21(24)6-5-11-25-20-10-9-18(22)13-16(20)3/h7-10,12-13,17H,5-6,11H2,1-4H3,(H,23,24)/t17-/m1/s1. The maximum Gasteiger partial charge on any atom is 0.220 e. The highest BCUT2D eigenvalue weighted by Gasteiger charge is 2.12. The Balaban J connectivity index is 1.77. The zero-order valence-corrected chi connectivity index (χ0v) is 16.1. The average Bonchev–Trinajstić information content (AvgIpc) is 2.55. The fourth-order valence-corrected chi connectivity index (χ4v) is 3.03. The first-order chi connectivity index (χ1) is 11.9. The van der Waals surface area contributed by atoms with Crippen molar-refractivity contribution in [3.63, 3.8) is 0 Å². The molecule has 0 bridgehead atoms. The number of carbonyl (C=O) groups is 1. The third-order valence-electron chi connectivity index (χ3n) is 4.22. The van der Waals surface area contributed by atoms with Gasteiger partial charge in [-0.25, -0.2) is 0 Å². The van der Waals surface area contributed by atoms with E-state index < -0.39 is 0 Å². The van der Waals surface area contributed by atoms with Gasteiger partial charge in [-0.1, -0.05) is 35.4 Å². The molecule has 134 valence electrons. The molecule has 0 saturated carbocycles. The summed E-state index contributed by atoms with van der Waals surface area (Å²) in [6.07, 6.45) is 1.12. The molecule has 0 aliphatic heterocycles. The summed E-state index contributed by atoms with van der Waals surface area (Å²) < 4.78 is 5.73. The molecule has 0 radical (unpaired) electrons. The van der Waals surface area contributed by atoms with E-state index in [1.165, 1.54) is 16.7 Å². The summed E-state index contributed by atoms with van der Waals surface area (Å²) in [5.41, 5.74) is 4.57. The smallest absolute Gasteiger partial charge is 0.220 e. The summed E-state index contributed by atoms with van der Waals surface area (Å²) in [5.74, 6) is 0.860. The second-order valence-corrected chi connectivity index (χ2v) is 6.95. The van der Waals surface area contributed by atoms with Gasteiger partial charge in [-0.05, 0) is 69.0 Å². The number of rotatable bonds is 7. The van der Waals surface area contributed by atoms with Crippen LogP contribution in [0, 0.1) is 20.8 Å². The Hall–Kier alpha value is -2.00. The fraction of sp³-hybridized carbons (Fsp3) is 0.381. The van der Waals surface area contributed by atoms with Crippen molar-refractivity contribution in [2.45, 2.75) is 46.6 Å². The molecule has 0 aliphatic carbocycles. The van der Waals surface area contributed by atoms with Crippen molar-refractivity contribution in [1.29, 1.82) is 0 Å². The molecular formula is C21H26ClNO2. The van der Waals surface area contributed by atoms with Crippen molar-refractivity contribution in [2.75, 3.05) is 6.61 Å². The first-order valence-electron chi connectivity index (χ1n) is 8.62. The first kappa shape index (κ1) is 19.3. The normalized spacial score (nSPS) is 11.9. The van der Waals surface area contributed by atoms with Crippen LogP contribution in [0.3, 0.4) is 0 Å². The highest BCUT2D eigenvalue weighted by Crippen LogP contribution is 2.22. The number of hydrogen-bond acceptors (Lipinski definition) is 2. The molecule has 4 heteroatoms. The largest absolute Gasteiger partial charge is 0.493 e. The summed E-state index contributed by atoms with van der Waals surface area (Å²) >= 11 is 5.93. The van der Waals surface area contributed by atoms with Crippen molar-refractivity contribution in [1.82, 2.24) is 5.32 Å². The molecule has 0 heterocycles. The minimum atomic E-state index is 0.00632. The van der Waals surface area contributed by atoms with E-state index in [-0.39, 0.29) is 11.9 Å². The molecule has 2 rings (SSSR count). The molecule has 3 nitrogen and oxygen atoms in total. The van der Waals surface area contributed by atoms with Gasteiger partial charge in [-0.2, -0.15) is 0 Å². The molecule has 25 heavy (non-hydrogen) atoms. The minimum absolute atomic E-state index is 0.00632. The van der Waals surface area contributed by atoms with E-state index in [1.54, 1.807) is 0 Å². The number of nitrogens with one attached hydrogen (secondary N) is 1. The van der Waals surface area contributed by atoms with Gasteiger partial charge in [0.1, 0.15) is 5.75 Å². The van der Waals surface area contributed by atoms with Crippen LogP contribution in [-0.4, -0.2) is 12.5 Å². The average molecular weight is 360 g/mol. The minimum Gasteiger partial charge on any atom is -0.493 e. The SMILES string of the molecule is Cc1ccc(C)c([C@@H](C)NC(=O)CCCOc2ccc(Cl)cc2C)c1. The predicted molar refractivity (Wildman–Crippen MR) is 103 cm³/mol. The van der Waals surface area contributed by atoms with Crippen molar-refractivity contribution in [3.8, 4) is 5.75 Å². The van der Waals surface area contributed by atoms with Crippen LogP contribution in [0.4, 0.5) is 0 Å². The van der Waals surface area contributed by atoms with Crippen molar-refractivity contribution in [2.24, 2.45) is 0 Å². The van der Waals surface area contributed by atoms with Crippen LogP contribution in [0.15, 0.2) is 36.4 Å². The molecule has 0 saturated heterocycles. The van der Waals surface area contributed by atoms with E-state index in [0.29, 0.717) is 24.5 Å². The second-order valence-electron chi connectivity index (χ2n) is 6.51. The van der Waals surface area contributed by atoms with Crippen molar-refractivity contribution < 1.29 is 9.53 Å². The summed E-state index contributed by atoms with van der Waals surface area (Å²) in [6, 6.07) is 11.9. The van der Waals surface area contributed by atoms with Crippen LogP contribution in [0.2, 0.25) is 5.02 Å². The molecule has 0 fully saturated rings. The lowest BCUT2D eigenvalue weighted by molar-refractivity contribution is -0.121. The van der Waals surface area contributed by atoms with Gasteiger partial charge in [-0.3, -0.25) is 4.79 Å². The number of carbonyl (C=O) groups excluding carboxylic acids is 1. The Morgan fingerprint density at radius 2 is 1.88 bits per heavy atom. The summed E-state index contributed by atoms with van der Waals surface area (Å²) in [7, 11) is 0. The van der Waals surface area contributed by atoms with Crippen LogP contribution < -0.4 is 10.1 Å². The Morgan fingerprint density at radius 3 is 2.60 bits per heavy atom. The molecule has 1 atom stereocenters. The number of benzene rings is 2. The number of ether oxygens (including phenoxy) is 1. The molecule has 1 amide bonds. The maximum atomic E-state index is 12.2. The van der Waals surface area contributed by atoms with E-state index >= 15 is 0 Å². The monoisotopic (exact) mass is 359 g/mol. The van der Waals surface area contributed by atoms with Gasteiger partial charge in [0.05, 0.1) is 12.6 Å². The Bertz CT molecular complexity index is 743. The van der Waals surface area contributed by atoms with Crippen LogP contribution in [0.1, 0.15) is 48.1 Å². The van der Waals surface area contributed by atoms with Gasteiger partial charge in [0.2, 0.25) is 5.91 Å². The zero-order valence-electron chi connectivity index (χ0n) is 15.4. The fourth-order valence-electron chi connectivity index (χ4n) is 2.81. The second kappa shape index (κ2) is 8.91. The molecule has 0 aliphatic rings. The molecule has 2 aromatic rings. The molecular weight excluding hydrogens is 334 g/mol. The Morgan fingerprint density at radius 1 is 1.12 bits per heavy atom. The van der Waals surface area contributed by atoms with Gasteiger partial charge < -0.3 is 10.1 Å². The molecule has 0 unspecified atom stereocenters. The van der Waals surface area contributed by atoms with E-state index in [2.05, 4.69) is 37.4 Å². The molecule has 0 aromatic heterocycles. The van der Waals surface area contributed by atoms with Gasteiger partial charge in [0, 0.05) is 11.4 Å². The first-order valence-corrected chi connectivity index (χ1v) is 9.00. The van der Waals surface area contributed by atoms with E-state index in [1.807, 2.05) is 32.0 Å².